The number of aryl methyl sites for hydroxylation is 1. The van der Waals surface area contributed by atoms with E-state index in [2.05, 4.69) is 10.6 Å². The third-order valence-electron chi connectivity index (χ3n) is 6.80. The van der Waals surface area contributed by atoms with E-state index in [4.69, 9.17) is 16.6 Å². The zero-order valence-corrected chi connectivity index (χ0v) is 20.3. The summed E-state index contributed by atoms with van der Waals surface area (Å²) >= 11 is 6.29. The summed E-state index contributed by atoms with van der Waals surface area (Å²) in [7, 11) is 0. The molecule has 2 saturated carbocycles. The summed E-state index contributed by atoms with van der Waals surface area (Å²) in [5.74, 6) is 0.206. The van der Waals surface area contributed by atoms with Crippen LogP contribution in [0.3, 0.4) is 0 Å². The Bertz CT molecular complexity index is 1330. The molecule has 5 rings (SSSR count). The Morgan fingerprint density at radius 1 is 1.03 bits per heavy atom. The van der Waals surface area contributed by atoms with Crippen molar-refractivity contribution in [3.63, 3.8) is 0 Å². The van der Waals surface area contributed by atoms with Crippen molar-refractivity contribution in [2.75, 3.05) is 5.32 Å². The minimum Gasteiger partial charge on any atom is -0.349 e. The third-order valence-corrected chi connectivity index (χ3v) is 7.13. The van der Waals surface area contributed by atoms with Gasteiger partial charge in [-0.25, -0.2) is 4.98 Å². The Morgan fingerprint density at radius 3 is 2.57 bits per heavy atom. The molecule has 0 atom stereocenters. The van der Waals surface area contributed by atoms with Crippen molar-refractivity contribution in [3.05, 3.63) is 69.2 Å². The number of amides is 2. The molecule has 0 radical (unpaired) electrons. The van der Waals surface area contributed by atoms with Gasteiger partial charge in [0, 0.05) is 30.6 Å². The fourth-order valence-corrected chi connectivity index (χ4v) is 5.02. The lowest BCUT2D eigenvalue weighted by Crippen LogP contribution is -2.36. The zero-order chi connectivity index (χ0) is 24.4. The molecule has 1 aromatic heterocycles. The lowest BCUT2D eigenvalue weighted by Gasteiger charge is -2.23. The summed E-state index contributed by atoms with van der Waals surface area (Å²) in [6.07, 6.45) is 7.84. The molecule has 8 heteroatoms. The first-order chi connectivity index (χ1) is 17.0. The largest absolute Gasteiger partial charge is 0.349 e. The number of carbonyl (C=O) groups excluding carboxylic acids is 2. The molecule has 2 aliphatic rings. The number of aromatic nitrogens is 2. The standard InChI is InChI=1S/C27H29ClN4O3/c28-22-13-10-18(16-21(22)26(34)30-17-6-2-1-3-7-17)29-25(33)15-14-24-31-23-9-5-4-8-20(23)27(35)32(24)19-11-12-19/h4-5,8-10,13,16-17,19H,1-3,6-7,11-12,14-15H2,(H,29,33)(H,30,34). The zero-order valence-electron chi connectivity index (χ0n) is 19.6. The average Bonchev–Trinajstić information content (AvgIpc) is 3.70. The predicted molar refractivity (Wildman–Crippen MR) is 137 cm³/mol. The van der Waals surface area contributed by atoms with E-state index in [9.17, 15) is 14.4 Å². The molecule has 0 spiro atoms. The van der Waals surface area contributed by atoms with Crippen LogP contribution < -0.4 is 16.2 Å². The van der Waals surface area contributed by atoms with Crippen LogP contribution in [-0.4, -0.2) is 27.4 Å². The van der Waals surface area contributed by atoms with E-state index in [0.717, 1.165) is 38.5 Å². The lowest BCUT2D eigenvalue weighted by atomic mass is 9.95. The van der Waals surface area contributed by atoms with Crippen LogP contribution in [-0.2, 0) is 11.2 Å². The number of nitrogens with zero attached hydrogens (tertiary/aromatic N) is 2. The van der Waals surface area contributed by atoms with Crippen molar-refractivity contribution in [1.29, 1.82) is 0 Å². The van der Waals surface area contributed by atoms with Gasteiger partial charge < -0.3 is 10.6 Å². The van der Waals surface area contributed by atoms with Gasteiger partial charge in [0.2, 0.25) is 5.91 Å². The Hall–Kier alpha value is -3.19. The highest BCUT2D eigenvalue weighted by Gasteiger charge is 2.28. The molecular formula is C27H29ClN4O3. The van der Waals surface area contributed by atoms with E-state index in [1.807, 2.05) is 18.2 Å². The number of hydrogen-bond acceptors (Lipinski definition) is 4. The highest BCUT2D eigenvalue weighted by molar-refractivity contribution is 6.34. The Balaban J connectivity index is 1.27. The minimum absolute atomic E-state index is 0.0418. The molecule has 3 aromatic rings. The van der Waals surface area contributed by atoms with E-state index in [1.165, 1.54) is 6.42 Å². The second-order valence-electron chi connectivity index (χ2n) is 9.50. The molecule has 7 nitrogen and oxygen atoms in total. The molecule has 0 saturated heterocycles. The maximum atomic E-state index is 13.0. The first-order valence-corrected chi connectivity index (χ1v) is 12.8. The Kier molecular flexibility index (Phi) is 6.86. The van der Waals surface area contributed by atoms with Gasteiger partial charge in [-0.1, -0.05) is 43.0 Å². The molecule has 0 unspecified atom stereocenters. The van der Waals surface area contributed by atoms with Gasteiger partial charge in [0.1, 0.15) is 5.82 Å². The number of para-hydroxylation sites is 1. The Labute approximate surface area is 208 Å². The van der Waals surface area contributed by atoms with Crippen LogP contribution in [0.1, 0.15) is 73.6 Å². The molecule has 0 bridgehead atoms. The van der Waals surface area contributed by atoms with Crippen LogP contribution in [0.25, 0.3) is 10.9 Å². The second-order valence-corrected chi connectivity index (χ2v) is 9.91. The molecule has 2 amide bonds. The quantitative estimate of drug-likeness (QED) is 0.484. The van der Waals surface area contributed by atoms with E-state index in [-0.39, 0.29) is 35.9 Å². The van der Waals surface area contributed by atoms with Crippen molar-refractivity contribution in [2.24, 2.45) is 0 Å². The van der Waals surface area contributed by atoms with Gasteiger partial charge >= 0.3 is 0 Å². The highest BCUT2D eigenvalue weighted by atomic mass is 35.5. The maximum absolute atomic E-state index is 13.0. The number of benzene rings is 2. The molecule has 0 aliphatic heterocycles. The van der Waals surface area contributed by atoms with Crippen molar-refractivity contribution in [2.45, 2.75) is 69.9 Å². The van der Waals surface area contributed by atoms with Crippen molar-refractivity contribution in [1.82, 2.24) is 14.9 Å². The van der Waals surface area contributed by atoms with Gasteiger partial charge in [0.05, 0.1) is 21.5 Å². The first kappa shape index (κ1) is 23.5. The summed E-state index contributed by atoms with van der Waals surface area (Å²) in [5, 5.41) is 6.89. The molecule has 35 heavy (non-hydrogen) atoms. The topological polar surface area (TPSA) is 93.1 Å². The molecule has 1 heterocycles. The Morgan fingerprint density at radius 2 is 1.80 bits per heavy atom. The number of carbonyl (C=O) groups is 2. The van der Waals surface area contributed by atoms with Gasteiger partial charge in [0.25, 0.3) is 11.5 Å². The first-order valence-electron chi connectivity index (χ1n) is 12.4. The molecule has 182 valence electrons. The van der Waals surface area contributed by atoms with Crippen molar-refractivity contribution >= 4 is 40.0 Å². The lowest BCUT2D eigenvalue weighted by molar-refractivity contribution is -0.116. The van der Waals surface area contributed by atoms with E-state index in [1.54, 1.807) is 28.8 Å². The maximum Gasteiger partial charge on any atom is 0.261 e. The fourth-order valence-electron chi connectivity index (χ4n) is 4.81. The van der Waals surface area contributed by atoms with Gasteiger partial charge in [-0.15, -0.1) is 0 Å². The number of halogens is 1. The van der Waals surface area contributed by atoms with Crippen molar-refractivity contribution < 1.29 is 9.59 Å². The fraction of sp³-hybridized carbons (Fsp3) is 0.407. The normalized spacial score (nSPS) is 16.3. The van der Waals surface area contributed by atoms with Crippen molar-refractivity contribution in [3.8, 4) is 0 Å². The van der Waals surface area contributed by atoms with Gasteiger partial charge in [-0.05, 0) is 56.0 Å². The molecule has 2 N–H and O–H groups in total. The van der Waals surface area contributed by atoms with E-state index < -0.39 is 0 Å². The highest BCUT2D eigenvalue weighted by Crippen LogP contribution is 2.35. The van der Waals surface area contributed by atoms with E-state index in [0.29, 0.717) is 39.4 Å². The molecular weight excluding hydrogens is 464 g/mol. The summed E-state index contributed by atoms with van der Waals surface area (Å²) in [4.78, 5) is 43.2. The number of anilines is 1. The number of fused-ring (bicyclic) bond motifs is 1. The van der Waals surface area contributed by atoms with E-state index >= 15 is 0 Å². The summed E-state index contributed by atoms with van der Waals surface area (Å²) in [6.45, 7) is 0. The summed E-state index contributed by atoms with van der Waals surface area (Å²) in [6, 6.07) is 12.6. The van der Waals surface area contributed by atoms with Gasteiger partial charge in [0.15, 0.2) is 0 Å². The van der Waals surface area contributed by atoms with Gasteiger partial charge in [-0.3, -0.25) is 19.0 Å². The molecule has 2 aromatic carbocycles. The monoisotopic (exact) mass is 492 g/mol. The van der Waals surface area contributed by atoms with Gasteiger partial charge in [-0.2, -0.15) is 0 Å². The average molecular weight is 493 g/mol. The van der Waals surface area contributed by atoms with Crippen LogP contribution in [0.2, 0.25) is 5.02 Å². The van der Waals surface area contributed by atoms with Crippen LogP contribution in [0.5, 0.6) is 0 Å². The third kappa shape index (κ3) is 5.40. The molecule has 2 aliphatic carbocycles. The van der Waals surface area contributed by atoms with Crippen LogP contribution in [0, 0.1) is 0 Å². The van der Waals surface area contributed by atoms with Crippen LogP contribution in [0.15, 0.2) is 47.3 Å². The van der Waals surface area contributed by atoms with Crippen LogP contribution >= 0.6 is 11.6 Å². The number of hydrogen-bond donors (Lipinski definition) is 2. The number of nitrogens with one attached hydrogen (secondary N) is 2. The molecule has 2 fully saturated rings. The van der Waals surface area contributed by atoms with Crippen LogP contribution in [0.4, 0.5) is 5.69 Å². The summed E-state index contributed by atoms with van der Waals surface area (Å²) in [5.41, 5.74) is 1.48. The SMILES string of the molecule is O=C(CCc1nc2ccccc2c(=O)n1C1CC1)Nc1ccc(Cl)c(C(=O)NC2CCCCC2)c1. The predicted octanol–water partition coefficient (Wildman–Crippen LogP) is 5.02. The summed E-state index contributed by atoms with van der Waals surface area (Å²) < 4.78 is 1.76. The number of rotatable bonds is 7. The minimum atomic E-state index is -0.216. The smallest absolute Gasteiger partial charge is 0.261 e. The second kappa shape index (κ2) is 10.2.